The van der Waals surface area contributed by atoms with Crippen LogP contribution in [0.1, 0.15) is 39.3 Å². The molecule has 0 unspecified atom stereocenters. The molecule has 166 valence electrons. The molecule has 0 spiro atoms. The molecule has 3 aromatic rings. The number of anilines is 1. The van der Waals surface area contributed by atoms with Gasteiger partial charge >= 0.3 is 0 Å². The molecular formula is C24H25N3O5. The lowest BCUT2D eigenvalue weighted by atomic mass is 10.1. The van der Waals surface area contributed by atoms with E-state index in [2.05, 4.69) is 16.0 Å². The van der Waals surface area contributed by atoms with Crippen LogP contribution in [0.3, 0.4) is 0 Å². The van der Waals surface area contributed by atoms with Gasteiger partial charge in [-0.3, -0.25) is 14.4 Å². The molecular weight excluding hydrogens is 410 g/mol. The molecule has 0 saturated carbocycles. The number of carbonyl (C=O) groups is 3. The summed E-state index contributed by atoms with van der Waals surface area (Å²) in [6.07, 6.45) is 2.20. The number of carbonyl (C=O) groups excluding carboxylic acids is 3. The molecule has 0 saturated heterocycles. The minimum atomic E-state index is -0.316. The minimum Gasteiger partial charge on any atom is -0.497 e. The normalized spacial score (nSPS) is 10.3. The van der Waals surface area contributed by atoms with Crippen LogP contribution in [0.15, 0.2) is 71.3 Å². The van der Waals surface area contributed by atoms with Gasteiger partial charge in [0.05, 0.1) is 31.2 Å². The zero-order valence-corrected chi connectivity index (χ0v) is 17.7. The van der Waals surface area contributed by atoms with E-state index in [9.17, 15) is 14.4 Å². The largest absolute Gasteiger partial charge is 0.497 e. The molecule has 3 N–H and O–H groups in total. The van der Waals surface area contributed by atoms with Gasteiger partial charge in [-0.1, -0.05) is 12.1 Å². The fraction of sp³-hybridized carbons (Fsp3) is 0.208. The van der Waals surface area contributed by atoms with Crippen LogP contribution in [0.2, 0.25) is 0 Å². The summed E-state index contributed by atoms with van der Waals surface area (Å²) < 4.78 is 10.3. The summed E-state index contributed by atoms with van der Waals surface area (Å²) in [4.78, 5) is 37.0. The maximum absolute atomic E-state index is 12.5. The zero-order chi connectivity index (χ0) is 22.8. The number of amides is 3. The molecule has 0 bridgehead atoms. The first-order chi connectivity index (χ1) is 15.6. The Morgan fingerprint density at radius 1 is 0.906 bits per heavy atom. The predicted octanol–water partition coefficient (Wildman–Crippen LogP) is 3.37. The van der Waals surface area contributed by atoms with Crippen molar-refractivity contribution in [3.8, 4) is 5.75 Å². The quantitative estimate of drug-likeness (QED) is 0.423. The van der Waals surface area contributed by atoms with Gasteiger partial charge < -0.3 is 25.1 Å². The molecule has 0 atom stereocenters. The summed E-state index contributed by atoms with van der Waals surface area (Å²) >= 11 is 0. The lowest BCUT2D eigenvalue weighted by Crippen LogP contribution is -2.26. The van der Waals surface area contributed by atoms with Crippen molar-refractivity contribution in [1.82, 2.24) is 10.6 Å². The van der Waals surface area contributed by atoms with Crippen LogP contribution in [-0.2, 0) is 11.3 Å². The van der Waals surface area contributed by atoms with Crippen molar-refractivity contribution < 1.29 is 23.5 Å². The smallest absolute Gasteiger partial charge is 0.253 e. The van der Waals surface area contributed by atoms with Crippen LogP contribution in [-0.4, -0.2) is 31.4 Å². The van der Waals surface area contributed by atoms with Crippen molar-refractivity contribution in [3.63, 3.8) is 0 Å². The first-order valence-electron chi connectivity index (χ1n) is 10.2. The Morgan fingerprint density at radius 3 is 2.41 bits per heavy atom. The van der Waals surface area contributed by atoms with Gasteiger partial charge in [0.2, 0.25) is 5.91 Å². The molecule has 0 radical (unpaired) electrons. The monoisotopic (exact) mass is 435 g/mol. The molecule has 32 heavy (non-hydrogen) atoms. The highest BCUT2D eigenvalue weighted by Gasteiger charge is 2.13. The Kier molecular flexibility index (Phi) is 8.02. The number of hydrogen-bond acceptors (Lipinski definition) is 5. The van der Waals surface area contributed by atoms with Crippen molar-refractivity contribution in [1.29, 1.82) is 0 Å². The Balaban J connectivity index is 1.44. The third-order valence-corrected chi connectivity index (χ3v) is 4.67. The van der Waals surface area contributed by atoms with Crippen LogP contribution in [0.4, 0.5) is 5.69 Å². The highest BCUT2D eigenvalue weighted by molar-refractivity contribution is 6.03. The van der Waals surface area contributed by atoms with Gasteiger partial charge in [-0.05, 0) is 55.0 Å². The molecule has 0 aliphatic carbocycles. The van der Waals surface area contributed by atoms with E-state index in [0.29, 0.717) is 41.3 Å². The third-order valence-electron chi connectivity index (χ3n) is 4.67. The minimum absolute atomic E-state index is 0.200. The Bertz CT molecular complexity index is 1050. The molecule has 1 aromatic heterocycles. The van der Waals surface area contributed by atoms with E-state index in [0.717, 1.165) is 0 Å². The number of benzene rings is 2. The number of methoxy groups -OCH3 is 1. The van der Waals surface area contributed by atoms with Gasteiger partial charge in [0, 0.05) is 18.5 Å². The molecule has 0 aliphatic heterocycles. The van der Waals surface area contributed by atoms with Crippen molar-refractivity contribution in [3.05, 3.63) is 83.8 Å². The van der Waals surface area contributed by atoms with Crippen LogP contribution >= 0.6 is 0 Å². The SMILES string of the molecule is COc1ccc(C(=O)NCCCC(=O)Nc2ccccc2C(=O)NCc2ccco2)cc1. The molecule has 0 fully saturated rings. The average molecular weight is 435 g/mol. The molecule has 8 heteroatoms. The zero-order valence-electron chi connectivity index (χ0n) is 17.7. The highest BCUT2D eigenvalue weighted by Crippen LogP contribution is 2.16. The molecule has 3 amide bonds. The summed E-state index contributed by atoms with van der Waals surface area (Å²) in [6, 6.07) is 17.1. The van der Waals surface area contributed by atoms with Crippen LogP contribution in [0.5, 0.6) is 5.75 Å². The fourth-order valence-corrected chi connectivity index (χ4v) is 2.97. The van der Waals surface area contributed by atoms with Crippen molar-refractivity contribution in [2.45, 2.75) is 19.4 Å². The summed E-state index contributed by atoms with van der Waals surface area (Å²) in [6.45, 7) is 0.603. The van der Waals surface area contributed by atoms with Gasteiger partial charge in [-0.25, -0.2) is 0 Å². The lowest BCUT2D eigenvalue weighted by molar-refractivity contribution is -0.116. The highest BCUT2D eigenvalue weighted by atomic mass is 16.5. The standard InChI is InChI=1S/C24H25N3O5/c1-31-18-12-10-17(11-13-18)23(29)25-14-4-9-22(28)27-21-8-3-2-7-20(21)24(30)26-16-19-6-5-15-32-19/h2-3,5-8,10-13,15H,4,9,14,16H2,1H3,(H,25,29)(H,26,30)(H,27,28). The molecule has 3 rings (SSSR count). The third kappa shape index (κ3) is 6.46. The number of hydrogen-bond donors (Lipinski definition) is 3. The number of rotatable bonds is 10. The van der Waals surface area contributed by atoms with Gasteiger partial charge in [-0.2, -0.15) is 0 Å². The van der Waals surface area contributed by atoms with E-state index < -0.39 is 0 Å². The summed E-state index contributed by atoms with van der Waals surface area (Å²) in [5, 5.41) is 8.31. The number of para-hydroxylation sites is 1. The maximum atomic E-state index is 12.5. The number of ether oxygens (including phenoxy) is 1. The Labute approximate surface area is 186 Å². The summed E-state index contributed by atoms with van der Waals surface area (Å²) in [7, 11) is 1.56. The Hall–Kier alpha value is -4.07. The average Bonchev–Trinajstić information content (AvgIpc) is 3.34. The van der Waals surface area contributed by atoms with Crippen LogP contribution in [0.25, 0.3) is 0 Å². The number of nitrogens with one attached hydrogen (secondary N) is 3. The van der Waals surface area contributed by atoms with Gasteiger partial charge in [0.1, 0.15) is 11.5 Å². The van der Waals surface area contributed by atoms with Crippen LogP contribution in [0, 0.1) is 0 Å². The molecule has 2 aromatic carbocycles. The molecule has 0 aliphatic rings. The topological polar surface area (TPSA) is 110 Å². The summed E-state index contributed by atoms with van der Waals surface area (Å²) in [5.41, 5.74) is 1.31. The first kappa shape index (κ1) is 22.6. The Morgan fingerprint density at radius 2 is 1.69 bits per heavy atom. The van der Waals surface area contributed by atoms with Gasteiger partial charge in [0.15, 0.2) is 0 Å². The second kappa shape index (κ2) is 11.4. The van der Waals surface area contributed by atoms with Crippen molar-refractivity contribution >= 4 is 23.4 Å². The summed E-state index contributed by atoms with van der Waals surface area (Å²) in [5.74, 6) is 0.537. The van der Waals surface area contributed by atoms with E-state index in [-0.39, 0.29) is 30.7 Å². The maximum Gasteiger partial charge on any atom is 0.253 e. The fourth-order valence-electron chi connectivity index (χ4n) is 2.97. The van der Waals surface area contributed by atoms with Gasteiger partial charge in [-0.15, -0.1) is 0 Å². The number of furan rings is 1. The van der Waals surface area contributed by atoms with E-state index >= 15 is 0 Å². The van der Waals surface area contributed by atoms with E-state index in [1.807, 2.05) is 0 Å². The second-order valence-corrected chi connectivity index (χ2v) is 6.94. The van der Waals surface area contributed by atoms with E-state index in [1.54, 1.807) is 67.8 Å². The molecule has 1 heterocycles. The molecule has 8 nitrogen and oxygen atoms in total. The van der Waals surface area contributed by atoms with E-state index in [4.69, 9.17) is 9.15 Å². The first-order valence-corrected chi connectivity index (χ1v) is 10.2. The van der Waals surface area contributed by atoms with Crippen LogP contribution < -0.4 is 20.7 Å². The van der Waals surface area contributed by atoms with E-state index in [1.165, 1.54) is 6.26 Å². The van der Waals surface area contributed by atoms with Gasteiger partial charge in [0.25, 0.3) is 11.8 Å². The van der Waals surface area contributed by atoms with Crippen molar-refractivity contribution in [2.24, 2.45) is 0 Å². The van der Waals surface area contributed by atoms with Crippen molar-refractivity contribution in [2.75, 3.05) is 19.0 Å². The lowest BCUT2D eigenvalue weighted by Gasteiger charge is -2.11. The predicted molar refractivity (Wildman–Crippen MR) is 120 cm³/mol. The second-order valence-electron chi connectivity index (χ2n) is 6.94.